The summed E-state index contributed by atoms with van der Waals surface area (Å²) >= 11 is 0. The van der Waals surface area contributed by atoms with E-state index in [0.717, 1.165) is 25.7 Å². The van der Waals surface area contributed by atoms with Gasteiger partial charge in [0.15, 0.2) is 0 Å². The van der Waals surface area contributed by atoms with Gasteiger partial charge in [-0.25, -0.2) is 0 Å². The molecule has 4 heteroatoms. The zero-order chi connectivity index (χ0) is 12.0. The van der Waals surface area contributed by atoms with Gasteiger partial charge in [-0.05, 0) is 25.2 Å². The first-order chi connectivity index (χ1) is 7.69. The zero-order valence-electron chi connectivity index (χ0n) is 10.2. The van der Waals surface area contributed by atoms with Crippen molar-refractivity contribution in [2.24, 2.45) is 5.92 Å². The van der Waals surface area contributed by atoms with Crippen molar-refractivity contribution in [2.75, 3.05) is 13.7 Å². The molecule has 0 radical (unpaired) electrons. The van der Waals surface area contributed by atoms with Gasteiger partial charge in [-0.2, -0.15) is 0 Å². The van der Waals surface area contributed by atoms with E-state index in [1.807, 2.05) is 6.92 Å². The third kappa shape index (κ3) is 3.76. The molecule has 0 aromatic heterocycles. The average Bonchev–Trinajstić information content (AvgIpc) is 2.31. The molecule has 1 aliphatic rings. The maximum atomic E-state index is 11.4. The molecule has 0 bridgehead atoms. The summed E-state index contributed by atoms with van der Waals surface area (Å²) in [7, 11) is 1.40. The summed E-state index contributed by atoms with van der Waals surface area (Å²) in [4.78, 5) is 11.4. The van der Waals surface area contributed by atoms with Gasteiger partial charge in [0.2, 0.25) is 0 Å². The van der Waals surface area contributed by atoms with Gasteiger partial charge in [0.25, 0.3) is 0 Å². The molecule has 3 unspecified atom stereocenters. The first-order valence-corrected chi connectivity index (χ1v) is 6.18. The van der Waals surface area contributed by atoms with Crippen LogP contribution in [0.1, 0.15) is 39.0 Å². The Labute approximate surface area is 97.4 Å². The van der Waals surface area contributed by atoms with E-state index in [1.54, 1.807) is 0 Å². The third-order valence-electron chi connectivity index (χ3n) is 3.39. The van der Waals surface area contributed by atoms with Crippen LogP contribution in [0.3, 0.4) is 0 Å². The van der Waals surface area contributed by atoms with Crippen LogP contribution < -0.4 is 5.32 Å². The molecule has 1 saturated carbocycles. The molecule has 0 aromatic carbocycles. The molecule has 16 heavy (non-hydrogen) atoms. The lowest BCUT2D eigenvalue weighted by atomic mass is 9.86. The van der Waals surface area contributed by atoms with Crippen LogP contribution in [0, 0.1) is 5.92 Å². The highest BCUT2D eigenvalue weighted by Crippen LogP contribution is 2.23. The Kier molecular flexibility index (Phi) is 5.77. The molecule has 0 aromatic rings. The van der Waals surface area contributed by atoms with Crippen molar-refractivity contribution in [1.29, 1.82) is 0 Å². The molecule has 0 aliphatic heterocycles. The van der Waals surface area contributed by atoms with Crippen LogP contribution in [0.4, 0.5) is 0 Å². The zero-order valence-corrected chi connectivity index (χ0v) is 10.2. The number of hydrogen-bond donors (Lipinski definition) is 2. The van der Waals surface area contributed by atoms with Gasteiger partial charge in [0.05, 0.1) is 13.2 Å². The molecule has 94 valence electrons. The molecule has 1 rings (SSSR count). The Morgan fingerprint density at radius 2 is 2.19 bits per heavy atom. The standard InChI is InChI=1S/C12H23NO3/c1-3-10(12(15)16-2)13-8-9-6-4-5-7-11(9)14/h9-11,13-14H,3-8H2,1-2H3. The minimum absolute atomic E-state index is 0.212. The van der Waals surface area contributed by atoms with Crippen molar-refractivity contribution in [1.82, 2.24) is 5.32 Å². The lowest BCUT2D eigenvalue weighted by molar-refractivity contribution is -0.143. The number of rotatable bonds is 5. The third-order valence-corrected chi connectivity index (χ3v) is 3.39. The van der Waals surface area contributed by atoms with Crippen LogP contribution in [0.25, 0.3) is 0 Å². The van der Waals surface area contributed by atoms with E-state index >= 15 is 0 Å². The first-order valence-electron chi connectivity index (χ1n) is 6.18. The smallest absolute Gasteiger partial charge is 0.322 e. The Hall–Kier alpha value is -0.610. The van der Waals surface area contributed by atoms with Crippen molar-refractivity contribution in [3.05, 3.63) is 0 Å². The molecular weight excluding hydrogens is 206 g/mol. The number of carbonyl (C=O) groups is 1. The highest BCUT2D eigenvalue weighted by atomic mass is 16.5. The SMILES string of the molecule is CCC(NCC1CCCCC1O)C(=O)OC. The molecule has 0 saturated heterocycles. The topological polar surface area (TPSA) is 58.6 Å². The first kappa shape index (κ1) is 13.5. The Morgan fingerprint density at radius 3 is 2.75 bits per heavy atom. The average molecular weight is 229 g/mol. The predicted octanol–water partition coefficient (Wildman–Crippen LogP) is 1.08. The Morgan fingerprint density at radius 1 is 1.50 bits per heavy atom. The van der Waals surface area contributed by atoms with Crippen LogP contribution in [0.15, 0.2) is 0 Å². The van der Waals surface area contributed by atoms with Crippen molar-refractivity contribution >= 4 is 5.97 Å². The second kappa shape index (κ2) is 6.86. The molecular formula is C12H23NO3. The van der Waals surface area contributed by atoms with Crippen molar-refractivity contribution in [3.63, 3.8) is 0 Å². The number of esters is 1. The van der Waals surface area contributed by atoms with Crippen LogP contribution in [-0.4, -0.2) is 36.9 Å². The quantitative estimate of drug-likeness (QED) is 0.693. The van der Waals surface area contributed by atoms with E-state index in [-0.39, 0.29) is 24.0 Å². The summed E-state index contributed by atoms with van der Waals surface area (Å²) in [6.07, 6.45) is 4.74. The van der Waals surface area contributed by atoms with Crippen LogP contribution in [0.2, 0.25) is 0 Å². The minimum atomic E-state index is -0.237. The molecule has 3 atom stereocenters. The fourth-order valence-corrected chi connectivity index (χ4v) is 2.26. The number of aliphatic hydroxyl groups is 1. The summed E-state index contributed by atoms with van der Waals surface area (Å²) in [6.45, 7) is 2.65. The second-order valence-electron chi connectivity index (χ2n) is 4.50. The summed E-state index contributed by atoms with van der Waals surface area (Å²) < 4.78 is 4.71. The fourth-order valence-electron chi connectivity index (χ4n) is 2.26. The summed E-state index contributed by atoms with van der Waals surface area (Å²) in [5, 5.41) is 13.0. The Bertz CT molecular complexity index is 220. The van der Waals surface area contributed by atoms with Crippen LogP contribution in [-0.2, 0) is 9.53 Å². The molecule has 1 fully saturated rings. The number of nitrogens with one attached hydrogen (secondary N) is 1. The summed E-state index contributed by atoms with van der Waals surface area (Å²) in [5.74, 6) is 0.0697. The van der Waals surface area contributed by atoms with Gasteiger partial charge in [-0.3, -0.25) is 4.79 Å². The lowest BCUT2D eigenvalue weighted by Gasteiger charge is -2.29. The van der Waals surface area contributed by atoms with Crippen molar-refractivity contribution < 1.29 is 14.6 Å². The monoisotopic (exact) mass is 229 g/mol. The highest BCUT2D eigenvalue weighted by Gasteiger charge is 2.25. The number of hydrogen-bond acceptors (Lipinski definition) is 4. The van der Waals surface area contributed by atoms with E-state index in [2.05, 4.69) is 5.32 Å². The van der Waals surface area contributed by atoms with E-state index < -0.39 is 0 Å². The normalized spacial score (nSPS) is 27.4. The number of carbonyl (C=O) groups excluding carboxylic acids is 1. The van der Waals surface area contributed by atoms with E-state index in [0.29, 0.717) is 6.54 Å². The van der Waals surface area contributed by atoms with Crippen LogP contribution >= 0.6 is 0 Å². The van der Waals surface area contributed by atoms with Gasteiger partial charge in [0, 0.05) is 6.54 Å². The number of methoxy groups -OCH3 is 1. The van der Waals surface area contributed by atoms with E-state index in [4.69, 9.17) is 4.74 Å². The highest BCUT2D eigenvalue weighted by molar-refractivity contribution is 5.75. The maximum Gasteiger partial charge on any atom is 0.322 e. The van der Waals surface area contributed by atoms with Gasteiger partial charge >= 0.3 is 5.97 Å². The van der Waals surface area contributed by atoms with Gasteiger partial charge in [-0.1, -0.05) is 19.8 Å². The van der Waals surface area contributed by atoms with Gasteiger partial charge in [0.1, 0.15) is 6.04 Å². The molecule has 0 amide bonds. The molecule has 0 heterocycles. The van der Waals surface area contributed by atoms with Gasteiger partial charge in [-0.15, -0.1) is 0 Å². The lowest BCUT2D eigenvalue weighted by Crippen LogP contribution is -2.42. The molecule has 4 nitrogen and oxygen atoms in total. The predicted molar refractivity (Wildman–Crippen MR) is 62.1 cm³/mol. The van der Waals surface area contributed by atoms with Gasteiger partial charge < -0.3 is 15.2 Å². The Balaban J connectivity index is 2.33. The number of ether oxygens (including phenoxy) is 1. The fraction of sp³-hybridized carbons (Fsp3) is 0.917. The maximum absolute atomic E-state index is 11.4. The second-order valence-corrected chi connectivity index (χ2v) is 4.50. The van der Waals surface area contributed by atoms with Crippen LogP contribution in [0.5, 0.6) is 0 Å². The summed E-state index contributed by atoms with van der Waals surface area (Å²) in [5.41, 5.74) is 0. The summed E-state index contributed by atoms with van der Waals surface area (Å²) in [6, 6.07) is -0.237. The minimum Gasteiger partial charge on any atom is -0.468 e. The van der Waals surface area contributed by atoms with E-state index in [9.17, 15) is 9.90 Å². The number of aliphatic hydroxyl groups excluding tert-OH is 1. The molecule has 0 spiro atoms. The van der Waals surface area contributed by atoms with E-state index in [1.165, 1.54) is 13.5 Å². The van der Waals surface area contributed by atoms with Crippen molar-refractivity contribution in [3.8, 4) is 0 Å². The largest absolute Gasteiger partial charge is 0.468 e. The molecule has 1 aliphatic carbocycles. The molecule has 2 N–H and O–H groups in total. The van der Waals surface area contributed by atoms with Crippen molar-refractivity contribution in [2.45, 2.75) is 51.2 Å².